The average Bonchev–Trinajstić information content (AvgIpc) is 4.10. The van der Waals surface area contributed by atoms with Gasteiger partial charge in [-0.1, -0.05) is 90.3 Å². The maximum absolute atomic E-state index is 16.7. The summed E-state index contributed by atoms with van der Waals surface area (Å²) in [6.45, 7) is 10.2. The Kier molecular flexibility index (Phi) is 13.2. The first-order valence-corrected chi connectivity index (χ1v) is 23.4. The number of alkyl halides is 2. The Labute approximate surface area is 389 Å². The number of hydrogen-bond donors (Lipinski definition) is 4. The lowest BCUT2D eigenvalue weighted by Gasteiger charge is -2.34. The molecule has 2 aliphatic carbocycles. The lowest BCUT2D eigenvalue weighted by Crippen LogP contribution is -2.54. The van der Waals surface area contributed by atoms with Crippen LogP contribution in [0.3, 0.4) is 0 Å². The summed E-state index contributed by atoms with van der Waals surface area (Å²) < 4.78 is 43.0. The molecule has 1 saturated carbocycles. The summed E-state index contributed by atoms with van der Waals surface area (Å²) in [6.07, 6.45) is 6.64. The number of carbonyl (C=O) groups is 5. The molecule has 2 aliphatic heterocycles. The maximum Gasteiger partial charge on any atom is 0.407 e. The largest absolute Gasteiger partial charge is 0.453 e. The van der Waals surface area contributed by atoms with Crippen LogP contribution in [0.15, 0.2) is 66.9 Å². The molecular weight excluding hydrogens is 861 g/mol. The first kappa shape index (κ1) is 47.2. The predicted molar refractivity (Wildman–Crippen MR) is 249 cm³/mol. The van der Waals surface area contributed by atoms with Gasteiger partial charge in [-0.3, -0.25) is 14.4 Å². The van der Waals surface area contributed by atoms with Crippen LogP contribution in [0, 0.1) is 23.2 Å². The lowest BCUT2D eigenvalue weighted by atomic mass is 9.72. The minimum atomic E-state index is -3.34. The second-order valence-electron chi connectivity index (χ2n) is 19.7. The monoisotopic (exact) mass is 921 g/mol. The number of H-pyrrole nitrogens is 1. The van der Waals surface area contributed by atoms with E-state index in [1.165, 1.54) is 31.3 Å². The normalized spacial score (nSPS) is 21.1. The van der Waals surface area contributed by atoms with E-state index in [1.54, 1.807) is 68.6 Å². The molecule has 5 amide bonds. The highest BCUT2D eigenvalue weighted by atomic mass is 19.3. The van der Waals surface area contributed by atoms with Gasteiger partial charge in [-0.15, -0.1) is 0 Å². The molecule has 3 aromatic carbocycles. The topological polar surface area (TPSA) is 175 Å². The van der Waals surface area contributed by atoms with Crippen molar-refractivity contribution in [3.8, 4) is 33.5 Å². The molecule has 3 fully saturated rings. The number of aromatic amines is 1. The van der Waals surface area contributed by atoms with Crippen LogP contribution < -0.4 is 16.0 Å². The van der Waals surface area contributed by atoms with Crippen molar-refractivity contribution in [2.75, 3.05) is 32.6 Å². The zero-order chi connectivity index (χ0) is 47.9. The fourth-order valence-corrected chi connectivity index (χ4v) is 10.7. The molecule has 2 saturated heterocycles. The standard InChI is InChI=1S/C51H61F2N7O7/c1-28(2)42(57-48(64)66-6)46(62)59-26-30(5)20-40(59)45(61)55-34-13-11-12-31(21-34)32-14-16-35-36-17-15-33(23-38(36)51(52,53)37(35)22-32)39-25-54-44(56-39)41-24-50(18-9-8-10-19-50)27-60(41)47(63)43(29(3)4)58-49(65)67-7/h11-17,21-23,25,28-30,40-43H,8-10,18-20,24,26-27H2,1-7H3,(H,54,56)(H,55,61)(H,57,64)(H,58,65)/t30?,40-,41-,42-,43?/m0/s1. The molecule has 0 radical (unpaired) electrons. The SMILES string of the molecule is COC(=O)NC(C(=O)N1CC2(CCCCC2)C[C@H]1c1ncc(-c2ccc3c(c2)C(F)(F)c2cc(-c4cccc(NC(=O)[C@@H]5CC(C)CN5C(=O)[C@@H](NC(=O)OC)C(C)C)c4)ccc2-3)[nH]1)C(C)C. The van der Waals surface area contributed by atoms with E-state index < -0.39 is 42.3 Å². The van der Waals surface area contributed by atoms with Crippen molar-refractivity contribution in [1.82, 2.24) is 30.4 Å². The highest BCUT2D eigenvalue weighted by molar-refractivity contribution is 5.99. The van der Waals surface area contributed by atoms with Gasteiger partial charge in [0.05, 0.1) is 32.2 Å². The van der Waals surface area contributed by atoms with Crippen molar-refractivity contribution in [1.29, 1.82) is 0 Å². The Morgan fingerprint density at radius 2 is 1.36 bits per heavy atom. The number of ether oxygens (including phenoxy) is 2. The molecule has 5 atom stereocenters. The molecule has 356 valence electrons. The molecule has 2 unspecified atom stereocenters. The molecule has 0 bridgehead atoms. The number of carbonyl (C=O) groups excluding carboxylic acids is 5. The quantitative estimate of drug-likeness (QED) is 0.115. The summed E-state index contributed by atoms with van der Waals surface area (Å²) in [4.78, 5) is 77.6. The van der Waals surface area contributed by atoms with Gasteiger partial charge in [0.2, 0.25) is 17.7 Å². The zero-order valence-corrected chi connectivity index (χ0v) is 39.2. The average molecular weight is 922 g/mol. The Morgan fingerprint density at radius 3 is 1.97 bits per heavy atom. The van der Waals surface area contributed by atoms with Crippen LogP contribution in [-0.4, -0.2) is 95.1 Å². The molecule has 3 heterocycles. The predicted octanol–water partition coefficient (Wildman–Crippen LogP) is 9.02. The van der Waals surface area contributed by atoms with E-state index >= 15 is 8.78 Å². The second-order valence-corrected chi connectivity index (χ2v) is 19.7. The fourth-order valence-electron chi connectivity index (χ4n) is 10.7. The van der Waals surface area contributed by atoms with Gasteiger partial charge in [-0.2, -0.15) is 8.78 Å². The second kappa shape index (κ2) is 18.8. The number of halogens is 2. The van der Waals surface area contributed by atoms with Crippen molar-refractivity contribution in [3.63, 3.8) is 0 Å². The number of benzene rings is 3. The Bertz CT molecular complexity index is 2550. The van der Waals surface area contributed by atoms with Crippen LogP contribution in [0.4, 0.5) is 24.1 Å². The number of nitrogens with one attached hydrogen (secondary N) is 4. The van der Waals surface area contributed by atoms with Gasteiger partial charge < -0.3 is 40.2 Å². The maximum atomic E-state index is 16.7. The third kappa shape index (κ3) is 9.23. The van der Waals surface area contributed by atoms with Gasteiger partial charge in [0.1, 0.15) is 23.9 Å². The lowest BCUT2D eigenvalue weighted by molar-refractivity contribution is -0.139. The van der Waals surface area contributed by atoms with Crippen molar-refractivity contribution in [2.24, 2.45) is 23.2 Å². The molecule has 1 spiro atoms. The third-order valence-corrected chi connectivity index (χ3v) is 14.3. The molecular formula is C51H61F2N7O7. The van der Waals surface area contributed by atoms with E-state index in [4.69, 9.17) is 14.5 Å². The molecule has 1 aromatic heterocycles. The van der Waals surface area contributed by atoms with E-state index in [9.17, 15) is 24.0 Å². The number of rotatable bonds is 11. The van der Waals surface area contributed by atoms with E-state index in [0.717, 1.165) is 32.1 Å². The van der Waals surface area contributed by atoms with Crippen LogP contribution in [0.25, 0.3) is 33.5 Å². The van der Waals surface area contributed by atoms with Crippen LogP contribution >= 0.6 is 0 Å². The minimum Gasteiger partial charge on any atom is -0.453 e. The minimum absolute atomic E-state index is 0.0399. The van der Waals surface area contributed by atoms with Gasteiger partial charge in [0.25, 0.3) is 5.92 Å². The molecule has 4 aliphatic rings. The molecule has 14 nitrogen and oxygen atoms in total. The smallest absolute Gasteiger partial charge is 0.407 e. The van der Waals surface area contributed by atoms with Crippen molar-refractivity contribution < 1.29 is 42.2 Å². The van der Waals surface area contributed by atoms with Crippen LogP contribution in [0.1, 0.15) is 103 Å². The van der Waals surface area contributed by atoms with Gasteiger partial charge in [-0.05, 0) is 95.4 Å². The summed E-state index contributed by atoms with van der Waals surface area (Å²) in [5.41, 5.74) is 3.17. The number of hydrogen-bond acceptors (Lipinski definition) is 8. The number of nitrogens with zero attached hydrogens (tertiary/aromatic N) is 3. The van der Waals surface area contributed by atoms with Gasteiger partial charge in [0.15, 0.2) is 0 Å². The Hall–Kier alpha value is -6.32. The van der Waals surface area contributed by atoms with Gasteiger partial charge in [0, 0.05) is 35.5 Å². The number of methoxy groups -OCH3 is 2. The molecule has 16 heteroatoms. The first-order valence-electron chi connectivity index (χ1n) is 23.4. The van der Waals surface area contributed by atoms with Crippen LogP contribution in [0.2, 0.25) is 0 Å². The summed E-state index contributed by atoms with van der Waals surface area (Å²) in [5, 5.41) is 8.28. The summed E-state index contributed by atoms with van der Waals surface area (Å²) in [5.74, 6) is -4.15. The molecule has 67 heavy (non-hydrogen) atoms. The highest BCUT2D eigenvalue weighted by Crippen LogP contribution is 2.54. The Balaban J connectivity index is 1.01. The summed E-state index contributed by atoms with van der Waals surface area (Å²) in [6, 6.07) is 14.1. The number of aromatic nitrogens is 2. The molecule has 4 aromatic rings. The van der Waals surface area contributed by atoms with Gasteiger partial charge >= 0.3 is 12.2 Å². The number of fused-ring (bicyclic) bond motifs is 3. The zero-order valence-electron chi connectivity index (χ0n) is 39.2. The van der Waals surface area contributed by atoms with Crippen LogP contribution in [-0.2, 0) is 29.8 Å². The number of imidazole rings is 1. The first-order chi connectivity index (χ1) is 31.9. The highest BCUT2D eigenvalue weighted by Gasteiger charge is 2.50. The summed E-state index contributed by atoms with van der Waals surface area (Å²) >= 11 is 0. The van der Waals surface area contributed by atoms with Crippen molar-refractivity contribution in [3.05, 3.63) is 83.8 Å². The van der Waals surface area contributed by atoms with E-state index in [0.29, 0.717) is 71.0 Å². The molecule has 8 rings (SSSR count). The van der Waals surface area contributed by atoms with E-state index in [-0.39, 0.29) is 52.0 Å². The van der Waals surface area contributed by atoms with Crippen molar-refractivity contribution in [2.45, 2.75) is 110 Å². The fraction of sp³-hybridized carbons (Fsp3) is 0.490. The number of alkyl carbamates (subject to hydrolysis) is 2. The Morgan fingerprint density at radius 1 is 0.776 bits per heavy atom. The third-order valence-electron chi connectivity index (χ3n) is 14.3. The van der Waals surface area contributed by atoms with E-state index in [2.05, 4.69) is 20.9 Å². The van der Waals surface area contributed by atoms with Gasteiger partial charge in [-0.25, -0.2) is 14.6 Å². The van der Waals surface area contributed by atoms with E-state index in [1.807, 2.05) is 25.7 Å². The number of likely N-dealkylation sites (tertiary alicyclic amines) is 2. The summed E-state index contributed by atoms with van der Waals surface area (Å²) in [7, 11) is 2.49. The van der Waals surface area contributed by atoms with Crippen LogP contribution in [0.5, 0.6) is 0 Å². The number of amides is 5. The van der Waals surface area contributed by atoms with Crippen molar-refractivity contribution >= 4 is 35.6 Å². The number of anilines is 1. The molecule has 4 N–H and O–H groups in total.